The van der Waals surface area contributed by atoms with Gasteiger partial charge in [0.15, 0.2) is 5.11 Å². The average molecular weight is 252 g/mol. The molecule has 3 N–H and O–H groups in total. The van der Waals surface area contributed by atoms with Gasteiger partial charge in [0.2, 0.25) is 0 Å². The first-order valence-electron chi connectivity index (χ1n) is 5.38. The van der Waals surface area contributed by atoms with Gasteiger partial charge in [-0.15, -0.1) is 0 Å². The molecule has 0 bridgehead atoms. The maximum absolute atomic E-state index is 11.7. The van der Waals surface area contributed by atoms with Crippen LogP contribution in [0.15, 0.2) is 30.3 Å². The summed E-state index contributed by atoms with van der Waals surface area (Å²) in [5.74, 6) is -0.138. The van der Waals surface area contributed by atoms with Crippen molar-refractivity contribution in [3.8, 4) is 0 Å². The number of aliphatic hydroxyl groups excluding tert-OH is 1. The molecule has 5 heteroatoms. The van der Waals surface area contributed by atoms with Crippen molar-refractivity contribution in [3.63, 3.8) is 0 Å². The Bertz CT molecular complexity index is 381. The van der Waals surface area contributed by atoms with Gasteiger partial charge in [-0.3, -0.25) is 10.1 Å². The normalized spacial score (nSPS) is 11.6. The van der Waals surface area contributed by atoms with E-state index >= 15 is 0 Å². The summed E-state index contributed by atoms with van der Waals surface area (Å²) >= 11 is 4.97. The van der Waals surface area contributed by atoms with Gasteiger partial charge in [-0.2, -0.15) is 0 Å². The van der Waals surface area contributed by atoms with Crippen LogP contribution in [-0.2, 0) is 0 Å². The fourth-order valence-corrected chi connectivity index (χ4v) is 1.32. The molecule has 1 unspecified atom stereocenters. The molecule has 0 heterocycles. The number of amides is 1. The smallest absolute Gasteiger partial charge is 0.257 e. The molecule has 4 nitrogen and oxygen atoms in total. The Balaban J connectivity index is 2.39. The fourth-order valence-electron chi connectivity index (χ4n) is 1.14. The summed E-state index contributed by atoms with van der Waals surface area (Å²) in [6, 6.07) is 8.86. The summed E-state index contributed by atoms with van der Waals surface area (Å²) in [5, 5.41) is 14.6. The molecule has 0 saturated heterocycles. The highest BCUT2D eigenvalue weighted by molar-refractivity contribution is 7.80. The van der Waals surface area contributed by atoms with Crippen molar-refractivity contribution in [3.05, 3.63) is 35.9 Å². The quantitative estimate of drug-likeness (QED) is 0.697. The lowest BCUT2D eigenvalue weighted by Crippen LogP contribution is -2.41. The molecule has 0 radical (unpaired) electrons. The summed E-state index contributed by atoms with van der Waals surface area (Å²) in [6.07, 6.45) is 0. The lowest BCUT2D eigenvalue weighted by Gasteiger charge is -2.12. The molecule has 0 saturated carbocycles. The predicted molar refractivity (Wildman–Crippen MR) is 70.8 cm³/mol. The number of nitrogens with one attached hydrogen (secondary N) is 2. The molecule has 1 rings (SSSR count). The summed E-state index contributed by atoms with van der Waals surface area (Å²) in [4.78, 5) is 11.7. The van der Waals surface area contributed by atoms with Gasteiger partial charge in [0.1, 0.15) is 0 Å². The Morgan fingerprint density at radius 1 is 1.41 bits per heavy atom. The first-order chi connectivity index (χ1) is 8.13. The third kappa shape index (κ3) is 4.93. The Hall–Kier alpha value is -1.46. The molecule has 1 amide bonds. The van der Waals surface area contributed by atoms with Gasteiger partial charge in [0, 0.05) is 18.7 Å². The van der Waals surface area contributed by atoms with Crippen LogP contribution in [0, 0.1) is 5.92 Å². The highest BCUT2D eigenvalue weighted by Crippen LogP contribution is 1.97. The molecule has 0 spiro atoms. The van der Waals surface area contributed by atoms with E-state index in [1.54, 1.807) is 24.3 Å². The maximum Gasteiger partial charge on any atom is 0.257 e. The number of hydrogen-bond acceptors (Lipinski definition) is 3. The zero-order valence-corrected chi connectivity index (χ0v) is 10.5. The molecule has 1 aromatic carbocycles. The number of carbonyl (C=O) groups excluding carboxylic acids is 1. The van der Waals surface area contributed by atoms with Crippen LogP contribution in [0.5, 0.6) is 0 Å². The Morgan fingerprint density at radius 2 is 2.06 bits per heavy atom. The van der Waals surface area contributed by atoms with Gasteiger partial charge in [-0.25, -0.2) is 0 Å². The predicted octanol–water partition coefficient (Wildman–Crippen LogP) is 0.919. The van der Waals surface area contributed by atoms with Crippen molar-refractivity contribution in [2.75, 3.05) is 13.2 Å². The number of aliphatic hydroxyl groups is 1. The minimum atomic E-state index is -0.236. The molecule has 0 fully saturated rings. The highest BCUT2D eigenvalue weighted by atomic mass is 32.1. The van der Waals surface area contributed by atoms with Crippen molar-refractivity contribution in [2.24, 2.45) is 5.92 Å². The van der Waals surface area contributed by atoms with Crippen molar-refractivity contribution < 1.29 is 9.90 Å². The van der Waals surface area contributed by atoms with E-state index in [1.807, 2.05) is 13.0 Å². The van der Waals surface area contributed by atoms with Crippen LogP contribution in [-0.4, -0.2) is 29.3 Å². The van der Waals surface area contributed by atoms with Crippen LogP contribution >= 0.6 is 12.2 Å². The van der Waals surface area contributed by atoms with Crippen molar-refractivity contribution >= 4 is 23.2 Å². The van der Waals surface area contributed by atoms with E-state index in [0.29, 0.717) is 12.1 Å². The third-order valence-corrected chi connectivity index (χ3v) is 2.43. The Morgan fingerprint density at radius 3 is 2.65 bits per heavy atom. The molecule has 0 aliphatic heterocycles. The second kappa shape index (κ2) is 6.98. The van der Waals surface area contributed by atoms with E-state index in [-0.39, 0.29) is 23.5 Å². The topological polar surface area (TPSA) is 61.4 Å². The van der Waals surface area contributed by atoms with Gasteiger partial charge in [-0.05, 0) is 30.3 Å². The number of rotatable bonds is 4. The SMILES string of the molecule is CC(CO)CNC(=S)NC(=O)c1ccccc1. The van der Waals surface area contributed by atoms with Crippen LogP contribution in [0.4, 0.5) is 0 Å². The second-order valence-electron chi connectivity index (χ2n) is 3.82. The van der Waals surface area contributed by atoms with E-state index in [1.165, 1.54) is 0 Å². The van der Waals surface area contributed by atoms with E-state index in [0.717, 1.165) is 0 Å². The Labute approximate surface area is 106 Å². The Kier molecular flexibility index (Phi) is 5.59. The van der Waals surface area contributed by atoms with Gasteiger partial charge in [0.05, 0.1) is 0 Å². The van der Waals surface area contributed by atoms with Crippen LogP contribution in [0.1, 0.15) is 17.3 Å². The fraction of sp³-hybridized carbons (Fsp3) is 0.333. The number of hydrogen-bond donors (Lipinski definition) is 3. The van der Waals surface area contributed by atoms with Crippen LogP contribution in [0.2, 0.25) is 0 Å². The number of thiocarbonyl (C=S) groups is 1. The van der Waals surface area contributed by atoms with Gasteiger partial charge in [-0.1, -0.05) is 25.1 Å². The standard InChI is InChI=1S/C12H16N2O2S/c1-9(8-15)7-13-12(17)14-11(16)10-5-3-2-4-6-10/h2-6,9,15H,7-8H2,1H3,(H2,13,14,16,17). The van der Waals surface area contributed by atoms with Crippen LogP contribution < -0.4 is 10.6 Å². The number of benzene rings is 1. The monoisotopic (exact) mass is 252 g/mol. The molecule has 17 heavy (non-hydrogen) atoms. The van der Waals surface area contributed by atoms with Crippen molar-refractivity contribution in [1.29, 1.82) is 0 Å². The maximum atomic E-state index is 11.7. The van der Waals surface area contributed by atoms with Crippen LogP contribution in [0.25, 0.3) is 0 Å². The first kappa shape index (κ1) is 13.6. The number of carbonyl (C=O) groups is 1. The van der Waals surface area contributed by atoms with E-state index in [9.17, 15) is 4.79 Å². The molecular weight excluding hydrogens is 236 g/mol. The largest absolute Gasteiger partial charge is 0.396 e. The van der Waals surface area contributed by atoms with Gasteiger partial charge < -0.3 is 10.4 Å². The zero-order valence-electron chi connectivity index (χ0n) is 9.64. The molecule has 1 atom stereocenters. The lowest BCUT2D eigenvalue weighted by atomic mass is 10.2. The minimum Gasteiger partial charge on any atom is -0.396 e. The third-order valence-electron chi connectivity index (χ3n) is 2.19. The summed E-state index contributed by atoms with van der Waals surface area (Å²) in [5.41, 5.74) is 0.562. The van der Waals surface area contributed by atoms with E-state index in [2.05, 4.69) is 10.6 Å². The minimum absolute atomic E-state index is 0.0856. The summed E-state index contributed by atoms with van der Waals surface area (Å²) in [7, 11) is 0. The first-order valence-corrected chi connectivity index (χ1v) is 5.79. The molecule has 1 aromatic rings. The average Bonchev–Trinajstić information content (AvgIpc) is 2.36. The van der Waals surface area contributed by atoms with E-state index < -0.39 is 0 Å². The lowest BCUT2D eigenvalue weighted by molar-refractivity contribution is 0.0976. The molecule has 0 aliphatic carbocycles. The molecule has 0 aliphatic rings. The molecular formula is C12H16N2O2S. The second-order valence-corrected chi connectivity index (χ2v) is 4.23. The van der Waals surface area contributed by atoms with Crippen molar-refractivity contribution in [2.45, 2.75) is 6.92 Å². The van der Waals surface area contributed by atoms with Gasteiger partial charge >= 0.3 is 0 Å². The van der Waals surface area contributed by atoms with E-state index in [4.69, 9.17) is 17.3 Å². The summed E-state index contributed by atoms with van der Waals surface area (Å²) < 4.78 is 0. The molecule has 92 valence electrons. The highest BCUT2D eigenvalue weighted by Gasteiger charge is 2.07. The zero-order chi connectivity index (χ0) is 12.7. The van der Waals surface area contributed by atoms with Crippen molar-refractivity contribution in [1.82, 2.24) is 10.6 Å². The van der Waals surface area contributed by atoms with Crippen LogP contribution in [0.3, 0.4) is 0 Å². The van der Waals surface area contributed by atoms with Gasteiger partial charge in [0.25, 0.3) is 5.91 Å². The summed E-state index contributed by atoms with van der Waals surface area (Å²) in [6.45, 7) is 2.50. The molecule has 0 aromatic heterocycles.